The van der Waals surface area contributed by atoms with Gasteiger partial charge in [-0.3, -0.25) is 0 Å². The van der Waals surface area contributed by atoms with E-state index in [1.807, 2.05) is 6.92 Å². The maximum absolute atomic E-state index is 5.68. The van der Waals surface area contributed by atoms with Crippen LogP contribution in [0.4, 0.5) is 0 Å². The lowest BCUT2D eigenvalue weighted by Gasteiger charge is -2.13. The average Bonchev–Trinajstić information content (AvgIpc) is 2.94. The maximum atomic E-state index is 5.68. The van der Waals surface area contributed by atoms with Gasteiger partial charge in [0.15, 0.2) is 0 Å². The SMILES string of the molecule is CCCC(CCN)CCc1nc(C(CCC)OCC)no1. The van der Waals surface area contributed by atoms with Crippen LogP contribution in [0.1, 0.15) is 77.1 Å². The van der Waals surface area contributed by atoms with Gasteiger partial charge in [0.1, 0.15) is 6.10 Å². The van der Waals surface area contributed by atoms with Crippen LogP contribution in [0.2, 0.25) is 0 Å². The first-order valence-corrected chi connectivity index (χ1v) is 8.39. The number of nitrogens with zero attached hydrogens (tertiary/aromatic N) is 2. The van der Waals surface area contributed by atoms with E-state index in [1.54, 1.807) is 0 Å². The van der Waals surface area contributed by atoms with Crippen molar-refractivity contribution in [3.63, 3.8) is 0 Å². The summed E-state index contributed by atoms with van der Waals surface area (Å²) in [6.07, 6.45) is 7.34. The van der Waals surface area contributed by atoms with Gasteiger partial charge in [-0.2, -0.15) is 4.98 Å². The monoisotopic (exact) mass is 297 g/mol. The summed E-state index contributed by atoms with van der Waals surface area (Å²) in [5, 5.41) is 4.09. The highest BCUT2D eigenvalue weighted by molar-refractivity contribution is 4.92. The summed E-state index contributed by atoms with van der Waals surface area (Å²) in [6, 6.07) is 0. The average molecular weight is 297 g/mol. The highest BCUT2D eigenvalue weighted by Gasteiger charge is 2.18. The van der Waals surface area contributed by atoms with Crippen LogP contribution < -0.4 is 5.73 Å². The molecule has 0 aliphatic heterocycles. The van der Waals surface area contributed by atoms with Gasteiger partial charge in [0, 0.05) is 13.0 Å². The zero-order valence-corrected chi connectivity index (χ0v) is 13.8. The van der Waals surface area contributed by atoms with Crippen LogP contribution in [0.3, 0.4) is 0 Å². The summed E-state index contributed by atoms with van der Waals surface area (Å²) in [5.74, 6) is 2.08. The van der Waals surface area contributed by atoms with Gasteiger partial charge in [-0.15, -0.1) is 0 Å². The molecule has 0 saturated heterocycles. The topological polar surface area (TPSA) is 74.2 Å². The normalized spacial score (nSPS) is 14.3. The maximum Gasteiger partial charge on any atom is 0.226 e. The molecule has 0 bridgehead atoms. The van der Waals surface area contributed by atoms with E-state index in [4.69, 9.17) is 15.0 Å². The van der Waals surface area contributed by atoms with Gasteiger partial charge in [0.05, 0.1) is 0 Å². The molecule has 0 aliphatic carbocycles. The predicted octanol–water partition coefficient (Wildman–Crippen LogP) is 3.65. The van der Waals surface area contributed by atoms with Crippen molar-refractivity contribution in [3.05, 3.63) is 11.7 Å². The van der Waals surface area contributed by atoms with Gasteiger partial charge < -0.3 is 15.0 Å². The van der Waals surface area contributed by atoms with Gasteiger partial charge in [0.2, 0.25) is 11.7 Å². The van der Waals surface area contributed by atoms with Gasteiger partial charge in [-0.25, -0.2) is 0 Å². The van der Waals surface area contributed by atoms with Crippen molar-refractivity contribution in [2.75, 3.05) is 13.2 Å². The number of aromatic nitrogens is 2. The molecule has 1 aromatic rings. The van der Waals surface area contributed by atoms with Gasteiger partial charge in [-0.1, -0.05) is 38.3 Å². The molecule has 2 unspecified atom stereocenters. The first-order chi connectivity index (χ1) is 10.2. The van der Waals surface area contributed by atoms with Crippen LogP contribution in [0, 0.1) is 5.92 Å². The van der Waals surface area contributed by atoms with Crippen molar-refractivity contribution in [1.82, 2.24) is 10.1 Å². The van der Waals surface area contributed by atoms with E-state index in [9.17, 15) is 0 Å². The fourth-order valence-corrected chi connectivity index (χ4v) is 2.66. The predicted molar refractivity (Wildman–Crippen MR) is 84.0 cm³/mol. The molecule has 0 aromatic carbocycles. The molecule has 0 fully saturated rings. The van der Waals surface area contributed by atoms with E-state index in [1.165, 1.54) is 12.8 Å². The Labute approximate surface area is 128 Å². The van der Waals surface area contributed by atoms with Crippen LogP contribution in [0.25, 0.3) is 0 Å². The molecule has 122 valence electrons. The summed E-state index contributed by atoms with van der Waals surface area (Å²) in [6.45, 7) is 7.76. The Morgan fingerprint density at radius 1 is 1.10 bits per heavy atom. The summed E-state index contributed by atoms with van der Waals surface area (Å²) < 4.78 is 11.1. The number of aryl methyl sites for hydroxylation is 1. The van der Waals surface area contributed by atoms with Crippen molar-refractivity contribution in [2.24, 2.45) is 11.7 Å². The third-order valence-corrected chi connectivity index (χ3v) is 3.73. The van der Waals surface area contributed by atoms with Crippen molar-refractivity contribution in [2.45, 2.75) is 71.8 Å². The molecule has 5 heteroatoms. The second kappa shape index (κ2) is 10.7. The number of nitrogens with two attached hydrogens (primary N) is 1. The largest absolute Gasteiger partial charge is 0.370 e. The molecule has 0 spiro atoms. The lowest BCUT2D eigenvalue weighted by Crippen LogP contribution is -2.10. The minimum absolute atomic E-state index is 0.0343. The third kappa shape index (κ3) is 6.57. The first-order valence-electron chi connectivity index (χ1n) is 8.39. The molecule has 0 amide bonds. The molecular weight excluding hydrogens is 266 g/mol. The van der Waals surface area contributed by atoms with Crippen LogP contribution in [-0.2, 0) is 11.2 Å². The molecular formula is C16H31N3O2. The van der Waals surface area contributed by atoms with Crippen molar-refractivity contribution in [3.8, 4) is 0 Å². The van der Waals surface area contributed by atoms with E-state index < -0.39 is 0 Å². The highest BCUT2D eigenvalue weighted by Crippen LogP contribution is 2.22. The van der Waals surface area contributed by atoms with Crippen LogP contribution in [0.15, 0.2) is 4.52 Å². The third-order valence-electron chi connectivity index (χ3n) is 3.73. The van der Waals surface area contributed by atoms with E-state index >= 15 is 0 Å². The Hall–Kier alpha value is -0.940. The number of hydrogen-bond donors (Lipinski definition) is 1. The Bertz CT molecular complexity index is 356. The van der Waals surface area contributed by atoms with E-state index in [0.29, 0.717) is 18.3 Å². The molecule has 2 N–H and O–H groups in total. The zero-order chi connectivity index (χ0) is 15.5. The summed E-state index contributed by atoms with van der Waals surface area (Å²) in [7, 11) is 0. The summed E-state index contributed by atoms with van der Waals surface area (Å²) in [4.78, 5) is 4.51. The summed E-state index contributed by atoms with van der Waals surface area (Å²) >= 11 is 0. The summed E-state index contributed by atoms with van der Waals surface area (Å²) in [5.41, 5.74) is 5.67. The fourth-order valence-electron chi connectivity index (χ4n) is 2.66. The Morgan fingerprint density at radius 2 is 1.86 bits per heavy atom. The number of hydrogen-bond acceptors (Lipinski definition) is 5. The van der Waals surface area contributed by atoms with E-state index in [0.717, 1.165) is 44.5 Å². The lowest BCUT2D eigenvalue weighted by molar-refractivity contribution is 0.0477. The van der Waals surface area contributed by atoms with Gasteiger partial charge >= 0.3 is 0 Å². The second-order valence-corrected chi connectivity index (χ2v) is 5.55. The van der Waals surface area contributed by atoms with E-state index in [-0.39, 0.29) is 6.10 Å². The zero-order valence-electron chi connectivity index (χ0n) is 13.8. The van der Waals surface area contributed by atoms with Crippen molar-refractivity contribution < 1.29 is 9.26 Å². The minimum Gasteiger partial charge on any atom is -0.370 e. The Balaban J connectivity index is 2.53. The van der Waals surface area contributed by atoms with Gasteiger partial charge in [-0.05, 0) is 38.6 Å². The molecule has 1 heterocycles. The van der Waals surface area contributed by atoms with Crippen molar-refractivity contribution in [1.29, 1.82) is 0 Å². The molecule has 1 rings (SSSR count). The Kier molecular flexibility index (Phi) is 9.26. The molecule has 2 atom stereocenters. The van der Waals surface area contributed by atoms with Crippen LogP contribution >= 0.6 is 0 Å². The first kappa shape index (κ1) is 18.1. The Morgan fingerprint density at radius 3 is 2.48 bits per heavy atom. The molecule has 5 nitrogen and oxygen atoms in total. The smallest absolute Gasteiger partial charge is 0.226 e. The quantitative estimate of drug-likeness (QED) is 0.637. The highest BCUT2D eigenvalue weighted by atomic mass is 16.5. The second-order valence-electron chi connectivity index (χ2n) is 5.55. The molecule has 0 saturated carbocycles. The number of rotatable bonds is 12. The van der Waals surface area contributed by atoms with E-state index in [2.05, 4.69) is 24.0 Å². The number of ether oxygens (including phenoxy) is 1. The van der Waals surface area contributed by atoms with Crippen LogP contribution in [-0.4, -0.2) is 23.3 Å². The van der Waals surface area contributed by atoms with Gasteiger partial charge in [0.25, 0.3) is 0 Å². The molecule has 21 heavy (non-hydrogen) atoms. The molecule has 0 aliphatic rings. The van der Waals surface area contributed by atoms with Crippen LogP contribution in [0.5, 0.6) is 0 Å². The van der Waals surface area contributed by atoms with Crippen molar-refractivity contribution >= 4 is 0 Å². The molecule has 0 radical (unpaired) electrons. The lowest BCUT2D eigenvalue weighted by atomic mass is 9.94. The molecule has 1 aromatic heterocycles. The standard InChI is InChI=1S/C16H31N3O2/c1-4-7-13(11-12-17)9-10-15-18-16(19-21-15)14(8-5-2)20-6-3/h13-14H,4-12,17H2,1-3H3. The minimum atomic E-state index is -0.0343. The fraction of sp³-hybridized carbons (Fsp3) is 0.875.